The van der Waals surface area contributed by atoms with Crippen LogP contribution in [0.25, 0.3) is 0 Å². The average Bonchev–Trinajstić information content (AvgIpc) is 2.85. The van der Waals surface area contributed by atoms with Crippen molar-refractivity contribution in [1.82, 2.24) is 0 Å². The molecule has 3 atom stereocenters. The molecule has 2 aliphatic rings. The van der Waals surface area contributed by atoms with Gasteiger partial charge in [0.1, 0.15) is 0 Å². The molecule has 82 valence electrons. The zero-order valence-corrected chi connectivity index (χ0v) is 8.78. The van der Waals surface area contributed by atoms with E-state index in [9.17, 15) is 0 Å². The molecule has 0 amide bonds. The summed E-state index contributed by atoms with van der Waals surface area (Å²) in [5.41, 5.74) is 5.73. The molecule has 3 nitrogen and oxygen atoms in total. The van der Waals surface area contributed by atoms with Crippen molar-refractivity contribution < 1.29 is 9.47 Å². The fourth-order valence-corrected chi connectivity index (χ4v) is 2.55. The van der Waals surface area contributed by atoms with Crippen LogP contribution in [0, 0.1) is 11.8 Å². The fraction of sp³-hybridized carbons (Fsp3) is 1.00. The Hall–Kier alpha value is -0.120. The summed E-state index contributed by atoms with van der Waals surface area (Å²) in [5, 5.41) is 0. The Morgan fingerprint density at radius 1 is 1.21 bits per heavy atom. The van der Waals surface area contributed by atoms with Gasteiger partial charge in [0.25, 0.3) is 0 Å². The molecule has 3 heteroatoms. The molecule has 14 heavy (non-hydrogen) atoms. The molecule has 2 N–H and O–H groups in total. The van der Waals surface area contributed by atoms with Crippen molar-refractivity contribution in [1.29, 1.82) is 0 Å². The van der Waals surface area contributed by atoms with Gasteiger partial charge in [-0.2, -0.15) is 0 Å². The molecular weight excluding hydrogens is 178 g/mol. The number of ether oxygens (including phenoxy) is 2. The Balaban J connectivity index is 1.68. The van der Waals surface area contributed by atoms with Crippen LogP contribution in [0.1, 0.15) is 25.7 Å². The van der Waals surface area contributed by atoms with Gasteiger partial charge in [-0.15, -0.1) is 0 Å². The molecule has 0 aromatic carbocycles. The van der Waals surface area contributed by atoms with E-state index in [1.165, 1.54) is 19.3 Å². The first-order valence-corrected chi connectivity index (χ1v) is 5.79. The van der Waals surface area contributed by atoms with Crippen LogP contribution in [0.4, 0.5) is 0 Å². The lowest BCUT2D eigenvalue weighted by molar-refractivity contribution is 0.0153. The van der Waals surface area contributed by atoms with Crippen molar-refractivity contribution in [2.24, 2.45) is 17.6 Å². The second-order valence-electron chi connectivity index (χ2n) is 4.51. The molecule has 1 saturated carbocycles. The van der Waals surface area contributed by atoms with E-state index in [0.29, 0.717) is 17.9 Å². The molecule has 1 aliphatic heterocycles. The van der Waals surface area contributed by atoms with Gasteiger partial charge in [-0.3, -0.25) is 0 Å². The van der Waals surface area contributed by atoms with Crippen LogP contribution >= 0.6 is 0 Å². The zero-order valence-electron chi connectivity index (χ0n) is 8.78. The van der Waals surface area contributed by atoms with E-state index in [-0.39, 0.29) is 0 Å². The Kier molecular flexibility index (Phi) is 3.79. The minimum Gasteiger partial charge on any atom is -0.379 e. The van der Waals surface area contributed by atoms with Gasteiger partial charge in [0.05, 0.1) is 19.3 Å². The van der Waals surface area contributed by atoms with Gasteiger partial charge in [-0.05, 0) is 37.6 Å². The highest BCUT2D eigenvalue weighted by Crippen LogP contribution is 2.31. The molecule has 0 aromatic heterocycles. The van der Waals surface area contributed by atoms with Crippen molar-refractivity contribution in [3.05, 3.63) is 0 Å². The average molecular weight is 199 g/mol. The summed E-state index contributed by atoms with van der Waals surface area (Å²) < 4.78 is 11.1. The maximum absolute atomic E-state index is 5.84. The summed E-state index contributed by atoms with van der Waals surface area (Å²) in [5.74, 6) is 1.41. The van der Waals surface area contributed by atoms with Crippen molar-refractivity contribution in [3.63, 3.8) is 0 Å². The summed E-state index contributed by atoms with van der Waals surface area (Å²) in [6.07, 6.45) is 5.35. The molecule has 2 rings (SSSR count). The third kappa shape index (κ3) is 2.47. The van der Waals surface area contributed by atoms with Gasteiger partial charge in [-0.1, -0.05) is 6.42 Å². The molecular formula is C11H21NO2. The summed E-state index contributed by atoms with van der Waals surface area (Å²) in [6.45, 7) is 3.39. The van der Waals surface area contributed by atoms with Crippen LogP contribution in [-0.2, 0) is 9.47 Å². The molecule has 0 spiro atoms. The van der Waals surface area contributed by atoms with Crippen molar-refractivity contribution in [2.45, 2.75) is 31.8 Å². The summed E-state index contributed by atoms with van der Waals surface area (Å²) in [4.78, 5) is 0. The van der Waals surface area contributed by atoms with Gasteiger partial charge in [0, 0.05) is 6.61 Å². The number of hydrogen-bond acceptors (Lipinski definition) is 3. The first kappa shape index (κ1) is 10.4. The summed E-state index contributed by atoms with van der Waals surface area (Å²) in [7, 11) is 0. The van der Waals surface area contributed by atoms with Crippen LogP contribution in [0.2, 0.25) is 0 Å². The fourth-order valence-electron chi connectivity index (χ4n) is 2.55. The van der Waals surface area contributed by atoms with E-state index in [1.807, 2.05) is 0 Å². The van der Waals surface area contributed by atoms with Gasteiger partial charge in [0.15, 0.2) is 0 Å². The van der Waals surface area contributed by atoms with Crippen molar-refractivity contribution in [3.8, 4) is 0 Å². The lowest BCUT2D eigenvalue weighted by atomic mass is 9.97. The quantitative estimate of drug-likeness (QED) is 0.739. The van der Waals surface area contributed by atoms with E-state index in [0.717, 1.165) is 32.8 Å². The number of nitrogens with two attached hydrogens (primary N) is 1. The molecule has 2 fully saturated rings. The lowest BCUT2D eigenvalue weighted by Crippen LogP contribution is -2.25. The third-order valence-corrected chi connectivity index (χ3v) is 3.55. The van der Waals surface area contributed by atoms with Crippen molar-refractivity contribution in [2.75, 3.05) is 26.4 Å². The van der Waals surface area contributed by atoms with E-state index >= 15 is 0 Å². The minimum atomic E-state index is 0.356. The maximum atomic E-state index is 5.84. The Labute approximate surface area is 85.9 Å². The number of rotatable bonds is 4. The predicted octanol–water partition coefficient (Wildman–Crippen LogP) is 1.17. The molecule has 3 unspecified atom stereocenters. The molecule has 1 aliphatic carbocycles. The standard InChI is InChI=1S/C11H21NO2/c12-6-9-2-1-3-10(9)7-14-11-4-5-13-8-11/h9-11H,1-8,12H2. The second-order valence-corrected chi connectivity index (χ2v) is 4.51. The highest BCUT2D eigenvalue weighted by Gasteiger charge is 2.27. The van der Waals surface area contributed by atoms with Crippen LogP contribution in [0.5, 0.6) is 0 Å². The second kappa shape index (κ2) is 5.10. The van der Waals surface area contributed by atoms with Crippen LogP contribution in [-0.4, -0.2) is 32.5 Å². The first-order chi connectivity index (χ1) is 6.90. The Bertz CT molecular complexity index is 169. The summed E-state index contributed by atoms with van der Waals surface area (Å²) >= 11 is 0. The van der Waals surface area contributed by atoms with Crippen LogP contribution < -0.4 is 5.73 Å². The third-order valence-electron chi connectivity index (χ3n) is 3.55. The molecule has 0 bridgehead atoms. The zero-order chi connectivity index (χ0) is 9.80. The molecule has 1 saturated heterocycles. The Morgan fingerprint density at radius 2 is 2.07 bits per heavy atom. The largest absolute Gasteiger partial charge is 0.379 e. The van der Waals surface area contributed by atoms with E-state index in [1.54, 1.807) is 0 Å². The highest BCUT2D eigenvalue weighted by molar-refractivity contribution is 4.78. The van der Waals surface area contributed by atoms with Crippen molar-refractivity contribution >= 4 is 0 Å². The smallest absolute Gasteiger partial charge is 0.0830 e. The highest BCUT2D eigenvalue weighted by atomic mass is 16.5. The predicted molar refractivity (Wildman–Crippen MR) is 55.1 cm³/mol. The van der Waals surface area contributed by atoms with Gasteiger partial charge in [0.2, 0.25) is 0 Å². The first-order valence-electron chi connectivity index (χ1n) is 5.79. The normalized spacial score (nSPS) is 37.9. The Morgan fingerprint density at radius 3 is 2.79 bits per heavy atom. The van der Waals surface area contributed by atoms with Gasteiger partial charge < -0.3 is 15.2 Å². The van der Waals surface area contributed by atoms with Gasteiger partial charge >= 0.3 is 0 Å². The number of hydrogen-bond donors (Lipinski definition) is 1. The van der Waals surface area contributed by atoms with Crippen LogP contribution in [0.15, 0.2) is 0 Å². The van der Waals surface area contributed by atoms with E-state index in [4.69, 9.17) is 15.2 Å². The van der Waals surface area contributed by atoms with E-state index in [2.05, 4.69) is 0 Å². The lowest BCUT2D eigenvalue weighted by Gasteiger charge is -2.19. The SMILES string of the molecule is NCC1CCCC1COC1CCOC1. The van der Waals surface area contributed by atoms with Crippen LogP contribution in [0.3, 0.4) is 0 Å². The molecule has 1 heterocycles. The summed E-state index contributed by atoms with van der Waals surface area (Å²) in [6, 6.07) is 0. The van der Waals surface area contributed by atoms with E-state index < -0.39 is 0 Å². The maximum Gasteiger partial charge on any atom is 0.0830 e. The molecule has 0 radical (unpaired) electrons. The monoisotopic (exact) mass is 199 g/mol. The minimum absolute atomic E-state index is 0.356. The topological polar surface area (TPSA) is 44.5 Å². The molecule has 0 aromatic rings. The van der Waals surface area contributed by atoms with Gasteiger partial charge in [-0.25, -0.2) is 0 Å².